The topological polar surface area (TPSA) is 280 Å². The van der Waals surface area contributed by atoms with E-state index >= 15 is 0 Å². The fourth-order valence-corrected chi connectivity index (χ4v) is 2.47. The highest BCUT2D eigenvalue weighted by Crippen LogP contribution is 2.00. The Hall–Kier alpha value is -2.62. The summed E-state index contributed by atoms with van der Waals surface area (Å²) in [5, 5.41) is 60.2. The highest BCUT2D eigenvalue weighted by atomic mass is 32.2. The third kappa shape index (κ3) is 13.2. The van der Waals surface area contributed by atoms with Gasteiger partial charge < -0.3 is 50.0 Å². The first-order valence-electron chi connectivity index (χ1n) is 9.03. The molecule has 1 rings (SSSR count). The summed E-state index contributed by atoms with van der Waals surface area (Å²) in [6.07, 6.45) is 0. The van der Waals surface area contributed by atoms with Crippen LogP contribution >= 0.6 is 11.9 Å². The molecule has 19 heteroatoms. The van der Waals surface area contributed by atoms with Crippen molar-refractivity contribution in [2.24, 2.45) is 0 Å². The number of carbonyl (C=O) groups excluding carboxylic acids is 2. The lowest BCUT2D eigenvalue weighted by molar-refractivity contribution is -0.319. The van der Waals surface area contributed by atoms with E-state index in [0.717, 1.165) is 18.9 Å². The first-order valence-corrected chi connectivity index (χ1v) is 9.98. The number of rotatable bonds is 11. The number of aliphatic hydroxyl groups is 7. The smallest absolute Gasteiger partial charge is 0.421 e. The van der Waals surface area contributed by atoms with Gasteiger partial charge in [0.2, 0.25) is 0 Å². The van der Waals surface area contributed by atoms with Gasteiger partial charge in [-0.15, -0.1) is 0 Å². The van der Waals surface area contributed by atoms with Crippen molar-refractivity contribution in [2.45, 2.75) is 25.4 Å². The number of nitrogens with one attached hydrogen (secondary N) is 1. The van der Waals surface area contributed by atoms with Crippen LogP contribution in [0.4, 0.5) is 0 Å². The number of hydrogen-bond donors (Lipinski definition) is 8. The molecule has 0 bridgehead atoms. The summed E-state index contributed by atoms with van der Waals surface area (Å²) in [7, 11) is 0. The van der Waals surface area contributed by atoms with E-state index in [2.05, 4.69) is 9.47 Å². The van der Waals surface area contributed by atoms with E-state index in [1.54, 1.807) is 4.98 Å². The summed E-state index contributed by atoms with van der Waals surface area (Å²) >= 11 is 0.722. The summed E-state index contributed by atoms with van der Waals surface area (Å²) in [6.45, 7) is -1.08. The van der Waals surface area contributed by atoms with Gasteiger partial charge >= 0.3 is 35.0 Å². The highest BCUT2D eigenvalue weighted by molar-refractivity contribution is 7.97. The molecule has 0 unspecified atom stereocenters. The van der Waals surface area contributed by atoms with Crippen LogP contribution in [0.2, 0.25) is 0 Å². The second kappa shape index (κ2) is 14.6. The second-order valence-corrected chi connectivity index (χ2v) is 7.06. The largest absolute Gasteiger partial charge is 0.455 e. The lowest BCUT2D eigenvalue weighted by atomic mass is 10.5. The molecule has 0 aromatic carbocycles. The third-order valence-electron chi connectivity index (χ3n) is 2.88. The fraction of sp³-hybridized carbons (Fsp3) is 0.667. The molecule has 0 amide bonds. The van der Waals surface area contributed by atoms with Gasteiger partial charge in [0.15, 0.2) is 0 Å². The Bertz CT molecular complexity index is 956. The first kappa shape index (κ1) is 31.4. The molecule has 34 heavy (non-hydrogen) atoms. The number of hydrogen-bond acceptors (Lipinski definition) is 16. The van der Waals surface area contributed by atoms with E-state index in [-0.39, 0.29) is 36.7 Å². The van der Waals surface area contributed by atoms with Crippen LogP contribution in [0.5, 0.6) is 0 Å². The predicted octanol–water partition coefficient (Wildman–Crippen LogP) is -6.44. The van der Waals surface area contributed by atoms with Crippen molar-refractivity contribution >= 4 is 23.9 Å². The molecular formula is C15H25N3O15S. The quantitative estimate of drug-likeness (QED) is 0.0583. The van der Waals surface area contributed by atoms with Gasteiger partial charge in [0.1, 0.15) is 13.2 Å². The molecule has 196 valence electrons. The number of H-pyrrole nitrogens is 1. The molecule has 0 spiro atoms. The van der Waals surface area contributed by atoms with E-state index in [0.29, 0.717) is 3.97 Å². The maximum absolute atomic E-state index is 11.9. The third-order valence-corrected chi connectivity index (χ3v) is 3.81. The molecule has 8 N–H and O–H groups in total. The molecule has 0 radical (unpaired) electrons. The molecule has 0 aliphatic carbocycles. The van der Waals surface area contributed by atoms with Gasteiger partial charge in [-0.1, -0.05) is 0 Å². The molecule has 18 nitrogen and oxygen atoms in total. The van der Waals surface area contributed by atoms with Crippen LogP contribution in [0.15, 0.2) is 14.4 Å². The van der Waals surface area contributed by atoms with Gasteiger partial charge in [-0.3, -0.25) is 4.98 Å². The Morgan fingerprint density at radius 3 is 2.03 bits per heavy atom. The van der Waals surface area contributed by atoms with Crippen LogP contribution in [-0.2, 0) is 30.3 Å². The monoisotopic (exact) mass is 519 g/mol. The average Bonchev–Trinajstić information content (AvgIpc) is 2.69. The number of aromatic amines is 1. The molecular weight excluding hydrogens is 494 g/mol. The van der Waals surface area contributed by atoms with Gasteiger partial charge in [-0.2, -0.15) is 3.97 Å². The summed E-state index contributed by atoms with van der Waals surface area (Å²) in [6, 6.07) is 0. The Morgan fingerprint density at radius 2 is 1.53 bits per heavy atom. The summed E-state index contributed by atoms with van der Waals surface area (Å²) in [4.78, 5) is 57.7. The van der Waals surface area contributed by atoms with Gasteiger partial charge in [0.25, 0.3) is 5.97 Å². The minimum Gasteiger partial charge on any atom is -0.455 e. The zero-order valence-electron chi connectivity index (χ0n) is 17.6. The van der Waals surface area contributed by atoms with Gasteiger partial charge in [-0.25, -0.2) is 28.5 Å². The molecule has 0 saturated heterocycles. The average molecular weight is 519 g/mol. The fourth-order valence-electron chi connectivity index (χ4n) is 1.73. The number of esters is 2. The van der Waals surface area contributed by atoms with Crippen LogP contribution in [0.1, 0.15) is 6.92 Å². The SMILES string of the molecule is CC(O)(O)OC(=O)C(=O)OCCO.O=c1[nH]c(=O)n(SCCOCCO)c(=O)n1CC(O)(O)O. The van der Waals surface area contributed by atoms with Crippen molar-refractivity contribution < 1.29 is 59.5 Å². The van der Waals surface area contributed by atoms with Crippen LogP contribution in [0.25, 0.3) is 0 Å². The molecule has 0 saturated carbocycles. The van der Waals surface area contributed by atoms with Crippen molar-refractivity contribution in [3.63, 3.8) is 0 Å². The maximum atomic E-state index is 11.9. The van der Waals surface area contributed by atoms with Gasteiger partial charge in [0.05, 0.1) is 26.4 Å². The number of aromatic nitrogens is 3. The zero-order chi connectivity index (χ0) is 26.5. The van der Waals surface area contributed by atoms with E-state index in [1.165, 1.54) is 0 Å². The van der Waals surface area contributed by atoms with Crippen molar-refractivity contribution in [1.82, 2.24) is 13.5 Å². The second-order valence-electron chi connectivity index (χ2n) is 6.02. The zero-order valence-corrected chi connectivity index (χ0v) is 18.5. The molecule has 0 fully saturated rings. The Kier molecular flexibility index (Phi) is 13.5. The van der Waals surface area contributed by atoms with Crippen molar-refractivity contribution in [3.8, 4) is 0 Å². The molecule has 1 heterocycles. The van der Waals surface area contributed by atoms with Crippen molar-refractivity contribution in [3.05, 3.63) is 31.5 Å². The minimum absolute atomic E-state index is 0.105. The Labute approximate surface area is 193 Å². The number of aliphatic hydroxyl groups excluding tert-OH is 2. The normalized spacial score (nSPS) is 11.4. The summed E-state index contributed by atoms with van der Waals surface area (Å²) in [5.41, 5.74) is -3.30. The molecule has 0 aliphatic rings. The van der Waals surface area contributed by atoms with Gasteiger partial charge in [0, 0.05) is 12.7 Å². The first-order chi connectivity index (χ1) is 15.6. The highest BCUT2D eigenvalue weighted by Gasteiger charge is 2.27. The summed E-state index contributed by atoms with van der Waals surface area (Å²) < 4.78 is 13.7. The van der Waals surface area contributed by atoms with Crippen molar-refractivity contribution in [2.75, 3.05) is 38.8 Å². The molecule has 1 aromatic heterocycles. The number of ether oxygens (including phenoxy) is 3. The predicted molar refractivity (Wildman–Crippen MR) is 108 cm³/mol. The van der Waals surface area contributed by atoms with Gasteiger partial charge in [-0.05, 0) is 11.9 Å². The van der Waals surface area contributed by atoms with Crippen LogP contribution in [-0.4, -0.2) is 112 Å². The Balaban J connectivity index is 0.000000722. The van der Waals surface area contributed by atoms with Crippen molar-refractivity contribution in [1.29, 1.82) is 0 Å². The minimum atomic E-state index is -3.27. The van der Waals surface area contributed by atoms with E-state index < -0.39 is 54.1 Å². The number of nitrogens with zero attached hydrogens (tertiary/aromatic N) is 2. The summed E-state index contributed by atoms with van der Waals surface area (Å²) in [5.74, 6) is -8.75. The lowest BCUT2D eigenvalue weighted by Gasteiger charge is -2.15. The number of carbonyl (C=O) groups is 2. The van der Waals surface area contributed by atoms with Crippen LogP contribution < -0.4 is 17.1 Å². The van der Waals surface area contributed by atoms with E-state index in [9.17, 15) is 24.0 Å². The standard InChI is InChI=1S/C9H15N3O8S.C6H10O7/c13-1-2-20-3-4-21-12-7(15)10-6(14)11(8(12)16)5-9(17,18)19;1-6(10,11)13-5(9)4(8)12-3-2-7/h13,17-19H,1-5H2,(H,10,14,15);7,10-11H,2-3H2,1H3. The Morgan fingerprint density at radius 1 is 0.941 bits per heavy atom. The van der Waals surface area contributed by atoms with Crippen LogP contribution in [0, 0.1) is 0 Å². The molecule has 0 aliphatic heterocycles. The van der Waals surface area contributed by atoms with Crippen LogP contribution in [0.3, 0.4) is 0 Å². The van der Waals surface area contributed by atoms with E-state index in [4.69, 9.17) is 40.5 Å². The molecule has 0 atom stereocenters. The molecule has 1 aromatic rings. The maximum Gasteiger partial charge on any atom is 0.421 e. The lowest BCUT2D eigenvalue weighted by Crippen LogP contribution is -2.51. The van der Waals surface area contributed by atoms with E-state index in [1.807, 2.05) is 0 Å².